The van der Waals surface area contributed by atoms with Crippen molar-refractivity contribution in [2.45, 2.75) is 0 Å². The first-order chi connectivity index (χ1) is 11.7. The van der Waals surface area contributed by atoms with Gasteiger partial charge in [0.25, 0.3) is 5.91 Å². The second-order valence-electron chi connectivity index (χ2n) is 5.75. The number of piperazine rings is 1. The fraction of sp³-hybridized carbons (Fsp3) is 0.333. The highest BCUT2D eigenvalue weighted by atomic mass is 19.1. The van der Waals surface area contributed by atoms with Crippen LogP contribution in [0.5, 0.6) is 0 Å². The summed E-state index contributed by atoms with van der Waals surface area (Å²) in [5.41, 5.74) is 1.10. The molecule has 0 radical (unpaired) electrons. The quantitative estimate of drug-likeness (QED) is 0.909. The van der Waals surface area contributed by atoms with E-state index in [0.29, 0.717) is 17.9 Å². The van der Waals surface area contributed by atoms with Crippen LogP contribution in [-0.2, 0) is 0 Å². The second-order valence-corrected chi connectivity index (χ2v) is 5.75. The fourth-order valence-corrected chi connectivity index (χ4v) is 2.84. The molecule has 1 aliphatic rings. The highest BCUT2D eigenvalue weighted by molar-refractivity contribution is 5.92. The molecule has 0 atom stereocenters. The Hall–Kier alpha value is -2.47. The number of rotatable bonds is 5. The minimum Gasteiger partial charge on any atom is -0.367 e. The molecular weight excluding hydrogens is 307 g/mol. The third kappa shape index (κ3) is 4.08. The van der Waals surface area contributed by atoms with Gasteiger partial charge in [0.1, 0.15) is 11.5 Å². The molecule has 1 saturated heterocycles. The van der Waals surface area contributed by atoms with Crippen molar-refractivity contribution in [3.05, 3.63) is 60.2 Å². The monoisotopic (exact) mass is 328 g/mol. The molecule has 126 valence electrons. The molecule has 1 aromatic heterocycles. The van der Waals surface area contributed by atoms with E-state index in [-0.39, 0.29) is 11.7 Å². The lowest BCUT2D eigenvalue weighted by molar-refractivity contribution is 0.0943. The molecule has 1 aromatic carbocycles. The predicted octanol–water partition coefficient (Wildman–Crippen LogP) is 1.77. The maximum absolute atomic E-state index is 13.8. The first-order valence-corrected chi connectivity index (χ1v) is 8.15. The van der Waals surface area contributed by atoms with Crippen molar-refractivity contribution in [1.29, 1.82) is 0 Å². The number of anilines is 1. The van der Waals surface area contributed by atoms with E-state index in [4.69, 9.17) is 0 Å². The molecule has 1 fully saturated rings. The predicted molar refractivity (Wildman–Crippen MR) is 91.6 cm³/mol. The van der Waals surface area contributed by atoms with E-state index in [9.17, 15) is 9.18 Å². The largest absolute Gasteiger partial charge is 0.367 e. The summed E-state index contributed by atoms with van der Waals surface area (Å²) < 4.78 is 13.8. The van der Waals surface area contributed by atoms with E-state index < -0.39 is 0 Å². The number of nitrogens with zero attached hydrogens (tertiary/aromatic N) is 3. The molecule has 1 aliphatic heterocycles. The van der Waals surface area contributed by atoms with Crippen molar-refractivity contribution >= 4 is 11.6 Å². The number of amides is 1. The molecule has 2 aromatic rings. The van der Waals surface area contributed by atoms with Crippen molar-refractivity contribution in [3.63, 3.8) is 0 Å². The number of aromatic nitrogens is 1. The van der Waals surface area contributed by atoms with Gasteiger partial charge < -0.3 is 10.2 Å². The smallest absolute Gasteiger partial charge is 0.269 e. The van der Waals surface area contributed by atoms with E-state index >= 15 is 0 Å². The van der Waals surface area contributed by atoms with Gasteiger partial charge in [-0.05, 0) is 24.3 Å². The summed E-state index contributed by atoms with van der Waals surface area (Å²) in [5, 5.41) is 2.88. The van der Waals surface area contributed by atoms with Crippen LogP contribution >= 0.6 is 0 Å². The van der Waals surface area contributed by atoms with Crippen LogP contribution in [0.4, 0.5) is 10.1 Å². The molecule has 0 spiro atoms. The van der Waals surface area contributed by atoms with Gasteiger partial charge in [-0.25, -0.2) is 4.39 Å². The molecule has 24 heavy (non-hydrogen) atoms. The summed E-state index contributed by atoms with van der Waals surface area (Å²) in [6, 6.07) is 12.2. The minimum atomic E-state index is -0.173. The number of para-hydroxylation sites is 1. The zero-order valence-corrected chi connectivity index (χ0v) is 13.5. The minimum absolute atomic E-state index is 0.152. The molecule has 1 N–H and O–H groups in total. The standard InChI is InChI=1S/C18H21FN4O/c19-15-5-1-2-7-17(15)23-13-11-22(12-14-23)10-9-21-18(24)16-6-3-4-8-20-16/h1-8H,9-14H2,(H,21,24). The third-order valence-corrected chi connectivity index (χ3v) is 4.18. The first kappa shape index (κ1) is 16.4. The number of halogens is 1. The van der Waals surface area contributed by atoms with Gasteiger partial charge in [0.15, 0.2) is 0 Å². The van der Waals surface area contributed by atoms with Crippen LogP contribution in [0.1, 0.15) is 10.5 Å². The Labute approximate surface area is 141 Å². The summed E-state index contributed by atoms with van der Waals surface area (Å²) in [6.45, 7) is 4.64. The zero-order chi connectivity index (χ0) is 16.8. The van der Waals surface area contributed by atoms with Crippen LogP contribution < -0.4 is 10.2 Å². The van der Waals surface area contributed by atoms with E-state index in [1.165, 1.54) is 6.07 Å². The van der Waals surface area contributed by atoms with Gasteiger partial charge in [0.05, 0.1) is 5.69 Å². The lowest BCUT2D eigenvalue weighted by Crippen LogP contribution is -2.48. The number of benzene rings is 1. The lowest BCUT2D eigenvalue weighted by Gasteiger charge is -2.36. The normalized spacial score (nSPS) is 15.3. The lowest BCUT2D eigenvalue weighted by atomic mass is 10.2. The molecule has 0 bridgehead atoms. The van der Waals surface area contributed by atoms with Crippen molar-refractivity contribution < 1.29 is 9.18 Å². The van der Waals surface area contributed by atoms with Crippen molar-refractivity contribution in [1.82, 2.24) is 15.2 Å². The summed E-state index contributed by atoms with van der Waals surface area (Å²) in [4.78, 5) is 20.3. The Balaban J connectivity index is 1.41. The number of pyridine rings is 1. The molecule has 2 heterocycles. The van der Waals surface area contributed by atoms with Crippen LogP contribution in [-0.4, -0.2) is 55.1 Å². The van der Waals surface area contributed by atoms with E-state index in [1.54, 1.807) is 30.5 Å². The second kappa shape index (κ2) is 7.88. The van der Waals surface area contributed by atoms with Crippen LogP contribution in [0, 0.1) is 5.82 Å². The van der Waals surface area contributed by atoms with Crippen LogP contribution in [0.25, 0.3) is 0 Å². The molecule has 0 saturated carbocycles. The summed E-state index contributed by atoms with van der Waals surface area (Å²) in [5.74, 6) is -0.325. The van der Waals surface area contributed by atoms with Gasteiger partial charge >= 0.3 is 0 Å². The molecule has 0 unspecified atom stereocenters. The number of hydrogen-bond donors (Lipinski definition) is 1. The number of nitrogens with one attached hydrogen (secondary N) is 1. The average Bonchev–Trinajstić information content (AvgIpc) is 2.63. The van der Waals surface area contributed by atoms with Gasteiger partial charge in [-0.1, -0.05) is 18.2 Å². The Morgan fingerprint density at radius 3 is 2.54 bits per heavy atom. The van der Waals surface area contributed by atoms with Gasteiger partial charge in [0.2, 0.25) is 0 Å². The molecular formula is C18H21FN4O. The van der Waals surface area contributed by atoms with Gasteiger partial charge in [-0.15, -0.1) is 0 Å². The van der Waals surface area contributed by atoms with Crippen molar-refractivity contribution in [2.24, 2.45) is 0 Å². The topological polar surface area (TPSA) is 48.5 Å². The molecule has 0 aliphatic carbocycles. The Bertz CT molecular complexity index is 672. The first-order valence-electron chi connectivity index (χ1n) is 8.15. The number of hydrogen-bond acceptors (Lipinski definition) is 4. The van der Waals surface area contributed by atoms with Crippen LogP contribution in [0.2, 0.25) is 0 Å². The number of carbonyl (C=O) groups excluding carboxylic acids is 1. The molecule has 3 rings (SSSR count). The fourth-order valence-electron chi connectivity index (χ4n) is 2.84. The van der Waals surface area contributed by atoms with Crippen LogP contribution in [0.3, 0.4) is 0 Å². The van der Waals surface area contributed by atoms with E-state index in [0.717, 1.165) is 32.7 Å². The maximum atomic E-state index is 13.8. The molecule has 6 heteroatoms. The third-order valence-electron chi connectivity index (χ3n) is 4.18. The molecule has 1 amide bonds. The Morgan fingerprint density at radius 2 is 1.83 bits per heavy atom. The number of carbonyl (C=O) groups is 1. The zero-order valence-electron chi connectivity index (χ0n) is 13.5. The van der Waals surface area contributed by atoms with Crippen molar-refractivity contribution in [3.8, 4) is 0 Å². The van der Waals surface area contributed by atoms with Gasteiger partial charge in [0, 0.05) is 45.5 Å². The Morgan fingerprint density at radius 1 is 1.08 bits per heavy atom. The van der Waals surface area contributed by atoms with Gasteiger partial charge in [-0.3, -0.25) is 14.7 Å². The van der Waals surface area contributed by atoms with E-state index in [2.05, 4.69) is 20.1 Å². The highest BCUT2D eigenvalue weighted by Gasteiger charge is 2.19. The Kier molecular flexibility index (Phi) is 5.38. The summed E-state index contributed by atoms with van der Waals surface area (Å²) in [7, 11) is 0. The summed E-state index contributed by atoms with van der Waals surface area (Å²) in [6.07, 6.45) is 1.61. The van der Waals surface area contributed by atoms with Crippen molar-refractivity contribution in [2.75, 3.05) is 44.2 Å². The average molecular weight is 328 g/mol. The molecule has 5 nitrogen and oxygen atoms in total. The van der Waals surface area contributed by atoms with Crippen LogP contribution in [0.15, 0.2) is 48.7 Å². The summed E-state index contributed by atoms with van der Waals surface area (Å²) >= 11 is 0. The van der Waals surface area contributed by atoms with E-state index in [1.807, 2.05) is 12.1 Å². The maximum Gasteiger partial charge on any atom is 0.269 e. The highest BCUT2D eigenvalue weighted by Crippen LogP contribution is 2.19. The SMILES string of the molecule is O=C(NCCN1CCN(c2ccccc2F)CC1)c1ccccn1. The van der Waals surface area contributed by atoms with Gasteiger partial charge in [-0.2, -0.15) is 0 Å².